The number of halogens is 2. The molecule has 0 bridgehead atoms. The maximum absolute atomic E-state index is 7.29. The van der Waals surface area contributed by atoms with E-state index in [1.54, 1.807) is 0 Å². The average Bonchev–Trinajstić information content (AvgIpc) is 2.74. The van der Waals surface area contributed by atoms with E-state index < -0.39 is 24.6 Å². The first-order valence-electron chi connectivity index (χ1n) is 15.8. The van der Waals surface area contributed by atoms with Crippen LogP contribution >= 0.6 is 39.6 Å². The quantitative estimate of drug-likeness (QED) is 0.212. The van der Waals surface area contributed by atoms with Crippen molar-refractivity contribution in [2.75, 3.05) is 0 Å². The van der Waals surface area contributed by atoms with E-state index in [1.807, 2.05) is 0 Å². The zero-order valence-electron chi connectivity index (χ0n) is 30.7. The summed E-state index contributed by atoms with van der Waals surface area (Å²) in [5.41, 5.74) is 8.66. The first-order chi connectivity index (χ1) is 18.9. The van der Waals surface area contributed by atoms with Gasteiger partial charge in [0.2, 0.25) is 0 Å². The molecule has 0 aliphatic carbocycles. The Hall–Kier alpha value is 0.295. The molecule has 0 nitrogen and oxygen atoms in total. The summed E-state index contributed by atoms with van der Waals surface area (Å²) in [6.45, 7) is 41.9. The Bertz CT molecular complexity index is 1210. The molecule has 0 saturated heterocycles. The van der Waals surface area contributed by atoms with Crippen molar-refractivity contribution in [1.29, 1.82) is 0 Å². The zero-order chi connectivity index (χ0) is 33.7. The molecule has 0 radical (unpaired) electrons. The van der Waals surface area contributed by atoms with E-state index in [0.29, 0.717) is 0 Å². The van der Waals surface area contributed by atoms with Crippen molar-refractivity contribution in [1.82, 2.24) is 0 Å². The Morgan fingerprint density at radius 2 is 0.628 bits per heavy atom. The van der Waals surface area contributed by atoms with Crippen LogP contribution in [-0.2, 0) is 57.1 Å². The minimum absolute atomic E-state index is 0.0153. The SMILES string of the molecule is CC(C)(C)c1cc(C(C)(C)C)c(P=[C](Cl)[Hg][C](Cl)=Pc2c(C(C)(C)C)cc(C(C)(C)C)cc2C(C)(C)C)c(C(C)(C)C)c1. The van der Waals surface area contributed by atoms with Gasteiger partial charge in [0, 0.05) is 0 Å². The van der Waals surface area contributed by atoms with Gasteiger partial charge in [-0.25, -0.2) is 0 Å². The summed E-state index contributed by atoms with van der Waals surface area (Å²) in [4.78, 5) is 0. The predicted molar refractivity (Wildman–Crippen MR) is 200 cm³/mol. The Kier molecular flexibility index (Phi) is 12.3. The third kappa shape index (κ3) is 10.7. The Balaban J connectivity index is 2.82. The van der Waals surface area contributed by atoms with Crippen LogP contribution in [0, 0.1) is 0 Å². The molecule has 43 heavy (non-hydrogen) atoms. The molecule has 0 atom stereocenters. The van der Waals surface area contributed by atoms with Gasteiger partial charge in [0.25, 0.3) is 0 Å². The van der Waals surface area contributed by atoms with Crippen LogP contribution in [0.5, 0.6) is 0 Å². The van der Waals surface area contributed by atoms with Crippen molar-refractivity contribution in [3.05, 3.63) is 57.6 Å². The molecule has 0 aromatic heterocycles. The van der Waals surface area contributed by atoms with Crippen molar-refractivity contribution >= 4 is 54.7 Å². The van der Waals surface area contributed by atoms with Crippen LogP contribution in [0.1, 0.15) is 158 Å². The fraction of sp³-hybridized carbons (Fsp3) is 0.632. The van der Waals surface area contributed by atoms with E-state index in [2.05, 4.69) is 149 Å². The van der Waals surface area contributed by atoms with E-state index in [0.717, 1.165) is 20.9 Å². The van der Waals surface area contributed by atoms with Crippen LogP contribution in [0.15, 0.2) is 24.3 Å². The van der Waals surface area contributed by atoms with Crippen LogP contribution in [0.2, 0.25) is 0 Å². The van der Waals surface area contributed by atoms with Gasteiger partial charge in [-0.1, -0.05) is 0 Å². The Morgan fingerprint density at radius 1 is 0.419 bits per heavy atom. The molecule has 0 heterocycles. The van der Waals surface area contributed by atoms with Gasteiger partial charge in [0.05, 0.1) is 0 Å². The normalized spacial score (nSPS) is 14.7. The summed E-state index contributed by atoms with van der Waals surface area (Å²) >= 11 is 12.6. The molecule has 0 aliphatic heterocycles. The van der Waals surface area contributed by atoms with E-state index in [1.165, 1.54) is 44.0 Å². The van der Waals surface area contributed by atoms with E-state index >= 15 is 0 Å². The molecule has 0 saturated carbocycles. The molecule has 0 unspecified atom stereocenters. The molecule has 236 valence electrons. The van der Waals surface area contributed by atoms with E-state index in [4.69, 9.17) is 23.2 Å². The van der Waals surface area contributed by atoms with Crippen LogP contribution in [-0.4, -0.2) is 4.52 Å². The first kappa shape index (κ1) is 39.5. The summed E-state index contributed by atoms with van der Waals surface area (Å²) < 4.78 is 2.19. The first-order valence-corrected chi connectivity index (χ1v) is 23.8. The molecule has 0 amide bonds. The number of rotatable bonds is 4. The van der Waals surface area contributed by atoms with Gasteiger partial charge in [-0.2, -0.15) is 0 Å². The number of hydrogen-bond acceptors (Lipinski definition) is 0. The van der Waals surface area contributed by atoms with Crippen molar-refractivity contribution in [3.8, 4) is 0 Å². The second-order valence-electron chi connectivity index (χ2n) is 18.5. The second-order valence-corrected chi connectivity index (χ2v) is 37.3. The van der Waals surface area contributed by atoms with Gasteiger partial charge < -0.3 is 0 Å². The van der Waals surface area contributed by atoms with E-state index in [-0.39, 0.29) is 32.5 Å². The Labute approximate surface area is 291 Å². The number of hydrogen-bond donors (Lipinski definition) is 0. The third-order valence-corrected chi connectivity index (χ3v) is 21.4. The van der Waals surface area contributed by atoms with Crippen molar-refractivity contribution in [2.45, 2.75) is 157 Å². The molecule has 0 N–H and O–H groups in total. The molecule has 2 rings (SSSR count). The predicted octanol–water partition coefficient (Wildman–Crippen LogP) is 12.0. The standard InChI is InChI=1S/2C19H29ClP.Hg/c2*1-17(2,3)13-10-14(18(4,5)6)16(21-12-20)15(11-13)19(7,8)9;/h2*10-11H,1-9H3;. The molecule has 0 spiro atoms. The summed E-state index contributed by atoms with van der Waals surface area (Å²) in [5.74, 6) is 0. The molecular formula is C38H58Cl2HgP2. The molecule has 0 fully saturated rings. The maximum atomic E-state index is 7.29. The monoisotopic (exact) mass is 848 g/mol. The van der Waals surface area contributed by atoms with Crippen LogP contribution in [0.4, 0.5) is 0 Å². The molecule has 0 aliphatic rings. The number of benzene rings is 2. The van der Waals surface area contributed by atoms with Crippen molar-refractivity contribution in [3.63, 3.8) is 0 Å². The van der Waals surface area contributed by atoms with Crippen LogP contribution < -0.4 is 10.6 Å². The van der Waals surface area contributed by atoms with Crippen LogP contribution in [0.25, 0.3) is 0 Å². The van der Waals surface area contributed by atoms with Gasteiger partial charge in [-0.3, -0.25) is 0 Å². The van der Waals surface area contributed by atoms with Gasteiger partial charge in [0.15, 0.2) is 0 Å². The zero-order valence-corrected chi connectivity index (χ0v) is 39.5. The molecule has 5 heteroatoms. The molecule has 2 aromatic rings. The molecule has 2 aromatic carbocycles. The molecular weight excluding hydrogens is 790 g/mol. The fourth-order valence-electron chi connectivity index (χ4n) is 5.10. The van der Waals surface area contributed by atoms with E-state index in [9.17, 15) is 0 Å². The van der Waals surface area contributed by atoms with Gasteiger partial charge in [-0.15, -0.1) is 0 Å². The summed E-state index contributed by atoms with van der Waals surface area (Å²) in [7, 11) is 2.30. The fourth-order valence-corrected chi connectivity index (χ4v) is 23.3. The minimum atomic E-state index is -1.95. The van der Waals surface area contributed by atoms with Gasteiger partial charge in [0.1, 0.15) is 0 Å². The summed E-state index contributed by atoms with van der Waals surface area (Å²) in [6.07, 6.45) is 0. The summed E-state index contributed by atoms with van der Waals surface area (Å²) in [5, 5.41) is 2.78. The second kappa shape index (κ2) is 13.4. The van der Waals surface area contributed by atoms with Crippen molar-refractivity contribution < 1.29 is 24.6 Å². The van der Waals surface area contributed by atoms with Gasteiger partial charge >= 0.3 is 294 Å². The van der Waals surface area contributed by atoms with Crippen molar-refractivity contribution in [2.24, 2.45) is 0 Å². The van der Waals surface area contributed by atoms with Gasteiger partial charge in [-0.05, 0) is 0 Å². The Morgan fingerprint density at radius 3 is 0.791 bits per heavy atom. The third-order valence-electron chi connectivity index (χ3n) is 7.94. The average molecular weight is 848 g/mol. The van der Waals surface area contributed by atoms with Crippen LogP contribution in [0.3, 0.4) is 0 Å². The topological polar surface area (TPSA) is 0 Å². The summed E-state index contributed by atoms with van der Waals surface area (Å²) in [6, 6.07) is 9.79.